The number of carbonyl (C=O) groups excluding carboxylic acids is 1. The fourth-order valence-electron chi connectivity index (χ4n) is 4.01. The van der Waals surface area contributed by atoms with Gasteiger partial charge in [-0.1, -0.05) is 0 Å². The lowest BCUT2D eigenvalue weighted by Crippen LogP contribution is -2.40. The molecular weight excluding hydrogens is 338 g/mol. The lowest BCUT2D eigenvalue weighted by molar-refractivity contribution is 0.0925. The molecule has 5 heteroatoms. The Morgan fingerprint density at radius 1 is 1.04 bits per heavy atom. The molecule has 1 aromatic carbocycles. The minimum absolute atomic E-state index is 0.0181. The third kappa shape index (κ3) is 4.48. The van der Waals surface area contributed by atoms with Gasteiger partial charge in [0, 0.05) is 42.7 Å². The number of hydrogen-bond acceptors (Lipinski definition) is 4. The first-order valence-electron chi connectivity index (χ1n) is 9.92. The van der Waals surface area contributed by atoms with Crippen LogP contribution < -0.4 is 10.2 Å². The van der Waals surface area contributed by atoms with E-state index in [-0.39, 0.29) is 11.9 Å². The maximum absolute atomic E-state index is 12.7. The molecule has 0 saturated carbocycles. The van der Waals surface area contributed by atoms with E-state index in [9.17, 15) is 4.79 Å². The first-order chi connectivity index (χ1) is 13.3. The molecule has 2 saturated heterocycles. The van der Waals surface area contributed by atoms with E-state index in [4.69, 9.17) is 4.74 Å². The van der Waals surface area contributed by atoms with Gasteiger partial charge in [-0.05, 0) is 67.6 Å². The lowest BCUT2D eigenvalue weighted by Gasteiger charge is -2.28. The van der Waals surface area contributed by atoms with E-state index in [0.29, 0.717) is 24.7 Å². The van der Waals surface area contributed by atoms with E-state index in [1.165, 1.54) is 30.5 Å². The monoisotopic (exact) mass is 365 g/mol. The number of carbonyl (C=O) groups is 1. The zero-order chi connectivity index (χ0) is 18.5. The summed E-state index contributed by atoms with van der Waals surface area (Å²) in [6.45, 7) is 3.48. The Balaban J connectivity index is 1.36. The molecule has 1 N–H and O–H groups in total. The Labute approximate surface area is 160 Å². The van der Waals surface area contributed by atoms with E-state index < -0.39 is 0 Å². The summed E-state index contributed by atoms with van der Waals surface area (Å²) in [7, 11) is 0. The molecule has 3 heterocycles. The van der Waals surface area contributed by atoms with Gasteiger partial charge >= 0.3 is 0 Å². The molecule has 2 aromatic rings. The van der Waals surface area contributed by atoms with Crippen molar-refractivity contribution in [3.8, 4) is 0 Å². The number of rotatable bonds is 5. The van der Waals surface area contributed by atoms with Crippen molar-refractivity contribution in [2.24, 2.45) is 5.92 Å². The molecule has 2 fully saturated rings. The van der Waals surface area contributed by atoms with Crippen LogP contribution in [0.4, 0.5) is 5.69 Å². The number of amides is 1. The number of nitrogens with one attached hydrogen (secondary N) is 1. The summed E-state index contributed by atoms with van der Waals surface area (Å²) >= 11 is 0. The van der Waals surface area contributed by atoms with Crippen molar-refractivity contribution in [1.82, 2.24) is 10.3 Å². The summed E-state index contributed by atoms with van der Waals surface area (Å²) in [4.78, 5) is 19.2. The first-order valence-corrected chi connectivity index (χ1v) is 9.92. The number of nitrogens with zero attached hydrogens (tertiary/aromatic N) is 2. The third-order valence-electron chi connectivity index (χ3n) is 5.61. The summed E-state index contributed by atoms with van der Waals surface area (Å²) < 4.78 is 5.64. The average Bonchev–Trinajstić information content (AvgIpc) is 3.16. The molecule has 4 rings (SSSR count). The Morgan fingerprint density at radius 3 is 2.52 bits per heavy atom. The molecule has 5 nitrogen and oxygen atoms in total. The van der Waals surface area contributed by atoms with Crippen LogP contribution in [-0.2, 0) is 11.2 Å². The van der Waals surface area contributed by atoms with Crippen LogP contribution in [0, 0.1) is 5.92 Å². The first kappa shape index (κ1) is 18.0. The molecule has 0 bridgehead atoms. The molecule has 0 radical (unpaired) electrons. The Morgan fingerprint density at radius 2 is 1.78 bits per heavy atom. The zero-order valence-electron chi connectivity index (χ0n) is 15.6. The van der Waals surface area contributed by atoms with Crippen LogP contribution in [0.5, 0.6) is 0 Å². The van der Waals surface area contributed by atoms with Crippen LogP contribution in [0.25, 0.3) is 0 Å². The van der Waals surface area contributed by atoms with Crippen molar-refractivity contribution in [1.29, 1.82) is 0 Å². The Bertz CT molecular complexity index is 742. The third-order valence-corrected chi connectivity index (χ3v) is 5.61. The normalized spacial score (nSPS) is 22.6. The van der Waals surface area contributed by atoms with Gasteiger partial charge in [-0.25, -0.2) is 0 Å². The van der Waals surface area contributed by atoms with Crippen molar-refractivity contribution >= 4 is 11.6 Å². The summed E-state index contributed by atoms with van der Waals surface area (Å²) in [6, 6.07) is 12.1. The molecule has 0 spiro atoms. The van der Waals surface area contributed by atoms with Crippen molar-refractivity contribution in [3.63, 3.8) is 0 Å². The zero-order valence-corrected chi connectivity index (χ0v) is 15.6. The molecule has 142 valence electrons. The quantitative estimate of drug-likeness (QED) is 0.885. The van der Waals surface area contributed by atoms with E-state index in [2.05, 4.69) is 27.3 Å². The van der Waals surface area contributed by atoms with E-state index >= 15 is 0 Å². The van der Waals surface area contributed by atoms with Crippen LogP contribution in [0.3, 0.4) is 0 Å². The van der Waals surface area contributed by atoms with Gasteiger partial charge in [0.1, 0.15) is 0 Å². The highest BCUT2D eigenvalue weighted by molar-refractivity contribution is 5.94. The SMILES string of the molecule is O=C(N[C@H]1COC[C@H]1Cc1ccncc1)c1ccc(N2CCCCC2)cc1. The number of hydrogen-bond donors (Lipinski definition) is 1. The van der Waals surface area contributed by atoms with Gasteiger partial charge in [-0.2, -0.15) is 0 Å². The summed E-state index contributed by atoms with van der Waals surface area (Å²) in [5, 5.41) is 3.17. The van der Waals surface area contributed by atoms with Gasteiger partial charge in [-0.15, -0.1) is 0 Å². The van der Waals surface area contributed by atoms with E-state index in [1.807, 2.05) is 36.7 Å². The molecule has 2 atom stereocenters. The molecule has 1 aromatic heterocycles. The standard InChI is InChI=1S/C22H27N3O2/c26-22(18-4-6-20(7-5-18)25-12-2-1-3-13-25)24-21-16-27-15-19(21)14-17-8-10-23-11-9-17/h4-11,19,21H,1-3,12-16H2,(H,24,26)/t19-,21+/m1/s1. The highest BCUT2D eigenvalue weighted by Crippen LogP contribution is 2.22. The van der Waals surface area contributed by atoms with Crippen molar-refractivity contribution in [2.45, 2.75) is 31.7 Å². The van der Waals surface area contributed by atoms with Crippen LogP contribution in [-0.4, -0.2) is 43.2 Å². The molecule has 2 aliphatic rings. The van der Waals surface area contributed by atoms with Gasteiger partial charge < -0.3 is 15.0 Å². The van der Waals surface area contributed by atoms with Gasteiger partial charge in [0.05, 0.1) is 19.3 Å². The minimum Gasteiger partial charge on any atom is -0.379 e. The summed E-state index contributed by atoms with van der Waals surface area (Å²) in [5.41, 5.74) is 3.15. The van der Waals surface area contributed by atoms with Crippen molar-refractivity contribution in [2.75, 3.05) is 31.2 Å². The molecule has 1 amide bonds. The maximum Gasteiger partial charge on any atom is 0.251 e. The predicted molar refractivity (Wildman–Crippen MR) is 106 cm³/mol. The van der Waals surface area contributed by atoms with Gasteiger partial charge in [-0.3, -0.25) is 9.78 Å². The largest absolute Gasteiger partial charge is 0.379 e. The maximum atomic E-state index is 12.7. The molecular formula is C22H27N3O2. The van der Waals surface area contributed by atoms with E-state index in [1.54, 1.807) is 0 Å². The van der Waals surface area contributed by atoms with Gasteiger partial charge in [0.2, 0.25) is 0 Å². The van der Waals surface area contributed by atoms with Crippen molar-refractivity contribution < 1.29 is 9.53 Å². The second-order valence-electron chi connectivity index (χ2n) is 7.53. The van der Waals surface area contributed by atoms with Crippen LogP contribution in [0.2, 0.25) is 0 Å². The topological polar surface area (TPSA) is 54.5 Å². The van der Waals surface area contributed by atoms with Gasteiger partial charge in [0.15, 0.2) is 0 Å². The van der Waals surface area contributed by atoms with E-state index in [0.717, 1.165) is 19.5 Å². The highest BCUT2D eigenvalue weighted by Gasteiger charge is 2.30. The average molecular weight is 365 g/mol. The number of benzene rings is 1. The second-order valence-corrected chi connectivity index (χ2v) is 7.53. The molecule has 2 aliphatic heterocycles. The second kappa shape index (κ2) is 8.53. The van der Waals surface area contributed by atoms with Crippen LogP contribution >= 0.6 is 0 Å². The van der Waals surface area contributed by atoms with Crippen LogP contribution in [0.1, 0.15) is 35.2 Å². The number of pyridine rings is 1. The lowest BCUT2D eigenvalue weighted by atomic mass is 9.95. The number of aromatic nitrogens is 1. The predicted octanol–water partition coefficient (Wildman–Crippen LogP) is 3.06. The fraction of sp³-hybridized carbons (Fsp3) is 0.455. The minimum atomic E-state index is -0.0181. The molecule has 0 unspecified atom stereocenters. The van der Waals surface area contributed by atoms with Crippen molar-refractivity contribution in [3.05, 3.63) is 59.9 Å². The molecule has 0 aliphatic carbocycles. The molecule has 27 heavy (non-hydrogen) atoms. The number of anilines is 1. The highest BCUT2D eigenvalue weighted by atomic mass is 16.5. The smallest absolute Gasteiger partial charge is 0.251 e. The number of piperidine rings is 1. The van der Waals surface area contributed by atoms with Gasteiger partial charge in [0.25, 0.3) is 5.91 Å². The number of ether oxygens (including phenoxy) is 1. The Hall–Kier alpha value is -2.40. The Kier molecular flexibility index (Phi) is 5.68. The fourth-order valence-corrected chi connectivity index (χ4v) is 4.01. The summed E-state index contributed by atoms with van der Waals surface area (Å²) in [5.74, 6) is 0.277. The summed E-state index contributed by atoms with van der Waals surface area (Å²) in [6.07, 6.45) is 8.33. The van der Waals surface area contributed by atoms with Crippen LogP contribution in [0.15, 0.2) is 48.8 Å².